The van der Waals surface area contributed by atoms with Crippen LogP contribution in [-0.2, 0) is 0 Å². The van der Waals surface area contributed by atoms with E-state index in [4.69, 9.17) is 0 Å². The number of amides is 1. The summed E-state index contributed by atoms with van der Waals surface area (Å²) in [6.07, 6.45) is 0. The van der Waals surface area contributed by atoms with Gasteiger partial charge in [-0.25, -0.2) is 5.43 Å². The van der Waals surface area contributed by atoms with Crippen LogP contribution in [0.15, 0.2) is 59.7 Å². The van der Waals surface area contributed by atoms with Gasteiger partial charge in [-0.05, 0) is 17.7 Å². The quantitative estimate of drug-likeness (QED) is 0.460. The van der Waals surface area contributed by atoms with E-state index in [1.807, 2.05) is 30.3 Å². The Labute approximate surface area is 173 Å². The Bertz CT molecular complexity index is 970. The van der Waals surface area contributed by atoms with Crippen LogP contribution in [-0.4, -0.2) is 70.9 Å². The molecule has 9 nitrogen and oxygen atoms in total. The highest BCUT2D eigenvalue weighted by Gasteiger charge is 2.51. The maximum absolute atomic E-state index is 12.7. The van der Waals surface area contributed by atoms with Gasteiger partial charge in [0.2, 0.25) is 0 Å². The summed E-state index contributed by atoms with van der Waals surface area (Å²) in [7, 11) is 0. The van der Waals surface area contributed by atoms with Crippen LogP contribution in [0.3, 0.4) is 0 Å². The average molecular weight is 406 g/mol. The summed E-state index contributed by atoms with van der Waals surface area (Å²) in [6.45, 7) is 5.61. The van der Waals surface area contributed by atoms with Crippen LogP contribution >= 0.6 is 0 Å². The van der Waals surface area contributed by atoms with Gasteiger partial charge in [-0.1, -0.05) is 30.3 Å². The molecule has 9 heteroatoms. The van der Waals surface area contributed by atoms with Crippen molar-refractivity contribution >= 4 is 17.3 Å². The minimum atomic E-state index is -0.486. The Morgan fingerprint density at radius 3 is 2.00 bits per heavy atom. The lowest BCUT2D eigenvalue weighted by atomic mass is 9.74. The number of non-ortho nitro benzene ring substituents is 1. The molecule has 6 rings (SSSR count). The molecule has 1 N–H and O–H groups in total. The summed E-state index contributed by atoms with van der Waals surface area (Å²) in [5, 5.41) is 15.5. The number of hydrogen-bond donors (Lipinski definition) is 1. The largest absolute Gasteiger partial charge is 0.276 e. The van der Waals surface area contributed by atoms with Crippen molar-refractivity contribution in [2.24, 2.45) is 10.5 Å². The number of rotatable bonds is 5. The summed E-state index contributed by atoms with van der Waals surface area (Å²) < 4.78 is 0. The zero-order chi connectivity index (χ0) is 20.7. The molecular weight excluding hydrogens is 384 g/mol. The first-order valence-corrected chi connectivity index (χ1v) is 9.88. The normalized spacial score (nSPS) is 29.6. The molecule has 4 aliphatic heterocycles. The molecule has 4 fully saturated rings. The molecule has 2 aromatic rings. The molecule has 0 aliphatic carbocycles. The van der Waals surface area contributed by atoms with Crippen molar-refractivity contribution in [1.29, 1.82) is 0 Å². The highest BCUT2D eigenvalue weighted by Crippen LogP contribution is 2.38. The van der Waals surface area contributed by atoms with Crippen LogP contribution in [0.4, 0.5) is 5.69 Å². The molecule has 4 aliphatic rings. The molecule has 154 valence electrons. The third-order valence-electron chi connectivity index (χ3n) is 5.94. The first-order valence-electron chi connectivity index (χ1n) is 9.88. The highest BCUT2D eigenvalue weighted by atomic mass is 16.6. The number of nitro groups is 1. The summed E-state index contributed by atoms with van der Waals surface area (Å²) in [4.78, 5) is 30.2. The molecule has 4 saturated heterocycles. The molecule has 2 aromatic carbocycles. The fraction of sp³-hybridized carbons (Fsp3) is 0.333. The van der Waals surface area contributed by atoms with Gasteiger partial charge in [-0.2, -0.15) is 5.10 Å². The lowest BCUT2D eigenvalue weighted by Gasteiger charge is -2.60. The van der Waals surface area contributed by atoms with Crippen LogP contribution in [0, 0.1) is 15.5 Å². The van der Waals surface area contributed by atoms with Crippen molar-refractivity contribution in [3.63, 3.8) is 0 Å². The second-order valence-corrected chi connectivity index (χ2v) is 8.26. The molecule has 0 radical (unpaired) electrons. The second-order valence-electron chi connectivity index (χ2n) is 8.26. The fourth-order valence-corrected chi connectivity index (χ4v) is 4.93. The molecular formula is C21H22N6O3. The van der Waals surface area contributed by atoms with Gasteiger partial charge in [-0.3, -0.25) is 29.6 Å². The first-order chi connectivity index (χ1) is 14.5. The average Bonchev–Trinajstić information content (AvgIpc) is 2.73. The van der Waals surface area contributed by atoms with Gasteiger partial charge in [0.05, 0.1) is 36.1 Å². The molecule has 0 saturated carbocycles. The SMILES string of the molecule is O=C(N/N=C(\c1ccccc1)C12CN3CN(CN(C3)C1)C2)c1ccc([N+](=O)[O-])cc1. The van der Waals surface area contributed by atoms with E-state index in [0.717, 1.165) is 50.9 Å². The lowest BCUT2D eigenvalue weighted by molar-refractivity contribution is -0.384. The van der Waals surface area contributed by atoms with Gasteiger partial charge < -0.3 is 0 Å². The molecule has 30 heavy (non-hydrogen) atoms. The summed E-state index contributed by atoms with van der Waals surface area (Å²) in [6, 6.07) is 15.5. The van der Waals surface area contributed by atoms with E-state index in [9.17, 15) is 14.9 Å². The number of benzene rings is 2. The van der Waals surface area contributed by atoms with Gasteiger partial charge in [0, 0.05) is 37.3 Å². The van der Waals surface area contributed by atoms with Crippen LogP contribution in [0.2, 0.25) is 0 Å². The summed E-state index contributed by atoms with van der Waals surface area (Å²) in [5.74, 6) is -0.385. The zero-order valence-electron chi connectivity index (χ0n) is 16.4. The standard InChI is InChI=1S/C21H22N6O3/c28-20(17-6-8-18(9-7-17)27(29)30)23-22-19(16-4-2-1-3-5-16)21-10-24-13-25(11-21)15-26(12-21)14-24/h1-9H,10-15H2,(H,23,28)/b22-19+. The minimum absolute atomic E-state index is 0.0502. The molecule has 4 heterocycles. The van der Waals surface area contributed by atoms with Crippen LogP contribution in [0.25, 0.3) is 0 Å². The molecule has 0 unspecified atom stereocenters. The van der Waals surface area contributed by atoms with E-state index in [2.05, 4.69) is 25.2 Å². The maximum atomic E-state index is 12.7. The Morgan fingerprint density at radius 2 is 1.47 bits per heavy atom. The van der Waals surface area contributed by atoms with Crippen molar-refractivity contribution in [1.82, 2.24) is 20.1 Å². The van der Waals surface area contributed by atoms with Crippen molar-refractivity contribution in [3.8, 4) is 0 Å². The number of nitrogens with one attached hydrogen (secondary N) is 1. The van der Waals surface area contributed by atoms with Crippen molar-refractivity contribution in [2.75, 3.05) is 39.6 Å². The first kappa shape index (κ1) is 18.9. The minimum Gasteiger partial charge on any atom is -0.276 e. The summed E-state index contributed by atoms with van der Waals surface area (Å²) in [5.41, 5.74) is 4.66. The molecule has 0 spiro atoms. The zero-order valence-corrected chi connectivity index (χ0v) is 16.4. The van der Waals surface area contributed by atoms with E-state index in [0.29, 0.717) is 5.56 Å². The van der Waals surface area contributed by atoms with Crippen molar-refractivity contribution < 1.29 is 9.72 Å². The number of carbonyl (C=O) groups excluding carboxylic acids is 1. The third kappa shape index (κ3) is 3.36. The Kier molecular flexibility index (Phi) is 4.58. The predicted molar refractivity (Wildman–Crippen MR) is 111 cm³/mol. The lowest BCUT2D eigenvalue weighted by Crippen LogP contribution is -2.74. The predicted octanol–water partition coefficient (Wildman–Crippen LogP) is 1.53. The van der Waals surface area contributed by atoms with E-state index in [1.165, 1.54) is 24.3 Å². The van der Waals surface area contributed by atoms with Gasteiger partial charge in [0.1, 0.15) is 0 Å². The Hall–Kier alpha value is -3.14. The number of nitro benzene ring substituents is 1. The molecule has 4 bridgehead atoms. The van der Waals surface area contributed by atoms with Crippen LogP contribution < -0.4 is 5.43 Å². The Morgan fingerprint density at radius 1 is 0.900 bits per heavy atom. The number of carbonyl (C=O) groups is 1. The van der Waals surface area contributed by atoms with Gasteiger partial charge in [0.15, 0.2) is 0 Å². The molecule has 0 aromatic heterocycles. The van der Waals surface area contributed by atoms with Crippen LogP contribution in [0.5, 0.6) is 0 Å². The van der Waals surface area contributed by atoms with E-state index in [-0.39, 0.29) is 17.0 Å². The fourth-order valence-electron chi connectivity index (χ4n) is 4.93. The van der Waals surface area contributed by atoms with Crippen molar-refractivity contribution in [3.05, 3.63) is 75.8 Å². The monoisotopic (exact) mass is 406 g/mol. The van der Waals surface area contributed by atoms with E-state index < -0.39 is 4.92 Å². The van der Waals surface area contributed by atoms with Crippen molar-refractivity contribution in [2.45, 2.75) is 0 Å². The van der Waals surface area contributed by atoms with Crippen LogP contribution in [0.1, 0.15) is 15.9 Å². The van der Waals surface area contributed by atoms with Gasteiger partial charge in [0.25, 0.3) is 11.6 Å². The number of hydrazone groups is 1. The van der Waals surface area contributed by atoms with E-state index >= 15 is 0 Å². The van der Waals surface area contributed by atoms with Gasteiger partial charge in [-0.15, -0.1) is 0 Å². The smallest absolute Gasteiger partial charge is 0.271 e. The second kappa shape index (κ2) is 7.28. The number of hydrogen-bond acceptors (Lipinski definition) is 7. The summed E-state index contributed by atoms with van der Waals surface area (Å²) >= 11 is 0. The molecule has 1 amide bonds. The topological polar surface area (TPSA) is 94.3 Å². The van der Waals surface area contributed by atoms with Gasteiger partial charge >= 0.3 is 0 Å². The third-order valence-corrected chi connectivity index (χ3v) is 5.94. The number of nitrogens with zero attached hydrogens (tertiary/aromatic N) is 5. The molecule has 0 atom stereocenters. The maximum Gasteiger partial charge on any atom is 0.271 e. The van der Waals surface area contributed by atoms with E-state index in [1.54, 1.807) is 0 Å². The Balaban J connectivity index is 1.45. The highest BCUT2D eigenvalue weighted by molar-refractivity contribution is 6.06.